The summed E-state index contributed by atoms with van der Waals surface area (Å²) >= 11 is 0. The summed E-state index contributed by atoms with van der Waals surface area (Å²) in [6, 6.07) is 0. The van der Waals surface area contributed by atoms with Crippen molar-refractivity contribution in [1.82, 2.24) is 0 Å². The summed E-state index contributed by atoms with van der Waals surface area (Å²) in [7, 11) is 0. The highest BCUT2D eigenvalue weighted by Crippen LogP contribution is 2.17. The van der Waals surface area contributed by atoms with Crippen LogP contribution in [0.1, 0.15) is 342 Å². The van der Waals surface area contributed by atoms with Crippen LogP contribution >= 0.6 is 0 Å². The van der Waals surface area contributed by atoms with Crippen molar-refractivity contribution in [2.75, 3.05) is 13.2 Å². The second kappa shape index (κ2) is 70.6. The van der Waals surface area contributed by atoms with Gasteiger partial charge in [-0.15, -0.1) is 0 Å². The van der Waals surface area contributed by atoms with Gasteiger partial charge in [-0.1, -0.05) is 304 Å². The molecule has 1 unspecified atom stereocenters. The fourth-order valence-corrected chi connectivity index (χ4v) is 9.94. The average molecular weight is 1150 g/mol. The minimum Gasteiger partial charge on any atom is -0.462 e. The molecule has 0 spiro atoms. The van der Waals surface area contributed by atoms with Crippen LogP contribution in [0.3, 0.4) is 0 Å². The maximum absolute atomic E-state index is 13.0. The minimum absolute atomic E-state index is 0.0877. The third-order valence-electron chi connectivity index (χ3n) is 15.2. The van der Waals surface area contributed by atoms with E-state index >= 15 is 0 Å². The summed E-state index contributed by atoms with van der Waals surface area (Å²) in [4.78, 5) is 38.5. The first kappa shape index (κ1) is 79.1. The fourth-order valence-electron chi connectivity index (χ4n) is 9.94. The molecule has 476 valence electrons. The Morgan fingerprint density at radius 3 is 0.747 bits per heavy atom. The van der Waals surface area contributed by atoms with Gasteiger partial charge in [0, 0.05) is 19.3 Å². The first-order chi connectivity index (χ1) is 41.0. The third-order valence-corrected chi connectivity index (χ3v) is 15.2. The number of esters is 3. The molecule has 0 aromatic rings. The van der Waals surface area contributed by atoms with Crippen LogP contribution in [0, 0.1) is 0 Å². The van der Waals surface area contributed by atoms with Crippen LogP contribution in [0.4, 0.5) is 0 Å². The zero-order chi connectivity index (χ0) is 59.9. The lowest BCUT2D eigenvalue weighted by atomic mass is 10.0. The number of hydrogen-bond donors (Lipinski definition) is 0. The zero-order valence-electron chi connectivity index (χ0n) is 54.7. The van der Waals surface area contributed by atoms with Crippen molar-refractivity contribution in [2.24, 2.45) is 0 Å². The summed E-state index contributed by atoms with van der Waals surface area (Å²) in [6.07, 6.45) is 96.7. The van der Waals surface area contributed by atoms with Gasteiger partial charge < -0.3 is 14.2 Å². The van der Waals surface area contributed by atoms with E-state index in [1.165, 1.54) is 186 Å². The Kier molecular flexibility index (Phi) is 67.2. The topological polar surface area (TPSA) is 78.9 Å². The first-order valence-corrected chi connectivity index (χ1v) is 35.4. The summed E-state index contributed by atoms with van der Waals surface area (Å²) in [6.45, 7) is 6.53. The second-order valence-electron chi connectivity index (χ2n) is 23.4. The zero-order valence-corrected chi connectivity index (χ0v) is 54.7. The van der Waals surface area contributed by atoms with E-state index in [0.29, 0.717) is 19.3 Å². The molecule has 0 fully saturated rings. The van der Waals surface area contributed by atoms with E-state index in [-0.39, 0.29) is 31.1 Å². The van der Waals surface area contributed by atoms with Crippen LogP contribution in [0.5, 0.6) is 0 Å². The van der Waals surface area contributed by atoms with Crippen molar-refractivity contribution >= 4 is 17.9 Å². The van der Waals surface area contributed by atoms with E-state index in [1.54, 1.807) is 0 Å². The van der Waals surface area contributed by atoms with Crippen LogP contribution in [0.15, 0.2) is 109 Å². The summed E-state index contributed by atoms with van der Waals surface area (Å²) < 4.78 is 17.0. The third kappa shape index (κ3) is 68.7. The Labute approximate surface area is 514 Å². The lowest BCUT2D eigenvalue weighted by Crippen LogP contribution is -2.30. The quantitative estimate of drug-likeness (QED) is 0.0261. The van der Waals surface area contributed by atoms with Crippen molar-refractivity contribution < 1.29 is 28.6 Å². The molecule has 0 aromatic carbocycles. The van der Waals surface area contributed by atoms with Gasteiger partial charge in [-0.3, -0.25) is 14.4 Å². The van der Waals surface area contributed by atoms with Gasteiger partial charge in [0.05, 0.1) is 0 Å². The van der Waals surface area contributed by atoms with Gasteiger partial charge in [-0.2, -0.15) is 0 Å². The van der Waals surface area contributed by atoms with Gasteiger partial charge in [0.15, 0.2) is 6.10 Å². The molecule has 0 bridgehead atoms. The summed E-state index contributed by atoms with van der Waals surface area (Å²) in [5.41, 5.74) is 0. The molecule has 0 aliphatic rings. The highest BCUT2D eigenvalue weighted by atomic mass is 16.6. The van der Waals surface area contributed by atoms with Gasteiger partial charge in [0.25, 0.3) is 0 Å². The minimum atomic E-state index is -0.795. The highest BCUT2D eigenvalue weighted by Gasteiger charge is 2.19. The molecular weight excluding hydrogens is 1020 g/mol. The highest BCUT2D eigenvalue weighted by molar-refractivity contribution is 5.71. The standard InChI is InChI=1S/C77H132O6/c1-4-7-10-13-16-19-22-25-28-31-34-36-38-40-43-46-49-52-55-58-61-64-67-70-76(79)82-73-74(72-81-75(78)69-66-63-60-57-54-51-48-45-42-33-30-27-24-21-18-15-12-9-6-3)83-77(80)71-68-65-62-59-56-53-50-47-44-41-39-37-35-32-29-26-23-20-17-14-11-8-5-2/h7,10,16,19,23,25-28,30,32,34-36,40,43,49,52,74H,4-6,8-9,11-15,17-18,20-22,24,29,31,33,37-39,41-42,44-48,50-51,53-73H2,1-3H3/b10-7-,19-16-,26-23-,28-25-,30-27-,35-32-,36-34-,43-40-,52-49-. The van der Waals surface area contributed by atoms with Crippen molar-refractivity contribution in [3.05, 3.63) is 109 Å². The Morgan fingerprint density at radius 2 is 0.470 bits per heavy atom. The molecule has 0 radical (unpaired) electrons. The van der Waals surface area contributed by atoms with Gasteiger partial charge in [-0.25, -0.2) is 0 Å². The van der Waals surface area contributed by atoms with Crippen LogP contribution < -0.4 is 0 Å². The molecule has 0 saturated carbocycles. The molecular formula is C77H132O6. The molecule has 0 heterocycles. The van der Waals surface area contributed by atoms with Crippen molar-refractivity contribution in [3.8, 4) is 0 Å². The number of hydrogen-bond acceptors (Lipinski definition) is 6. The Hall–Kier alpha value is -3.93. The van der Waals surface area contributed by atoms with Crippen LogP contribution in [-0.4, -0.2) is 37.2 Å². The number of carbonyl (C=O) groups is 3. The van der Waals surface area contributed by atoms with Crippen molar-refractivity contribution in [2.45, 2.75) is 348 Å². The SMILES string of the molecule is CC/C=C\C/C=C\C/C=C\C/C=C\C/C=C\C/C=C\CCCCCCC(=O)OCC(COC(=O)CCCCCCCCCCC/C=C\CCCCCCCC)OC(=O)CCCCCCCCCCCCC/C=C\C/C=C\CCCCCCC. The number of carbonyl (C=O) groups excluding carboxylic acids is 3. The van der Waals surface area contributed by atoms with Crippen LogP contribution in [-0.2, 0) is 28.6 Å². The largest absolute Gasteiger partial charge is 0.462 e. The molecule has 83 heavy (non-hydrogen) atoms. The van der Waals surface area contributed by atoms with Gasteiger partial charge in [0.2, 0.25) is 0 Å². The number of allylic oxidation sites excluding steroid dienone is 18. The molecule has 6 heteroatoms. The monoisotopic (exact) mass is 1150 g/mol. The van der Waals surface area contributed by atoms with E-state index in [2.05, 4.69) is 130 Å². The predicted molar refractivity (Wildman–Crippen MR) is 362 cm³/mol. The molecule has 0 aromatic heterocycles. The molecule has 1 atom stereocenters. The lowest BCUT2D eigenvalue weighted by Gasteiger charge is -2.18. The van der Waals surface area contributed by atoms with E-state index in [1.807, 2.05) is 0 Å². The molecule has 6 nitrogen and oxygen atoms in total. The molecule has 0 aliphatic heterocycles. The van der Waals surface area contributed by atoms with E-state index in [0.717, 1.165) is 116 Å². The Bertz CT molecular complexity index is 1660. The Balaban J connectivity index is 4.44. The molecule has 0 N–H and O–H groups in total. The summed E-state index contributed by atoms with van der Waals surface area (Å²) in [5.74, 6) is -0.904. The smallest absolute Gasteiger partial charge is 0.306 e. The fraction of sp³-hybridized carbons (Fsp3) is 0.727. The maximum atomic E-state index is 13.0. The average Bonchev–Trinajstić information content (AvgIpc) is 3.49. The van der Waals surface area contributed by atoms with Gasteiger partial charge >= 0.3 is 17.9 Å². The maximum Gasteiger partial charge on any atom is 0.306 e. The van der Waals surface area contributed by atoms with E-state index < -0.39 is 6.10 Å². The molecule has 0 saturated heterocycles. The normalized spacial score (nSPS) is 12.8. The van der Waals surface area contributed by atoms with Crippen LogP contribution in [0.2, 0.25) is 0 Å². The number of unbranched alkanes of at least 4 members (excludes halogenated alkanes) is 35. The molecule has 0 amide bonds. The van der Waals surface area contributed by atoms with Crippen LogP contribution in [0.25, 0.3) is 0 Å². The number of ether oxygens (including phenoxy) is 3. The Morgan fingerprint density at radius 1 is 0.253 bits per heavy atom. The van der Waals surface area contributed by atoms with E-state index in [4.69, 9.17) is 14.2 Å². The molecule has 0 rings (SSSR count). The van der Waals surface area contributed by atoms with Gasteiger partial charge in [-0.05, 0) is 128 Å². The molecule has 0 aliphatic carbocycles. The van der Waals surface area contributed by atoms with Gasteiger partial charge in [0.1, 0.15) is 13.2 Å². The summed E-state index contributed by atoms with van der Waals surface area (Å²) in [5, 5.41) is 0. The van der Waals surface area contributed by atoms with Crippen molar-refractivity contribution in [1.29, 1.82) is 0 Å². The second-order valence-corrected chi connectivity index (χ2v) is 23.4. The predicted octanol–water partition coefficient (Wildman–Crippen LogP) is 24.6. The van der Waals surface area contributed by atoms with Crippen molar-refractivity contribution in [3.63, 3.8) is 0 Å². The first-order valence-electron chi connectivity index (χ1n) is 35.4. The number of rotatable bonds is 64. The van der Waals surface area contributed by atoms with E-state index in [9.17, 15) is 14.4 Å². The lowest BCUT2D eigenvalue weighted by molar-refractivity contribution is -0.167.